The fourth-order valence-electron chi connectivity index (χ4n) is 1.69. The zero-order chi connectivity index (χ0) is 14.1. The van der Waals surface area contributed by atoms with Gasteiger partial charge in [0, 0.05) is 26.2 Å². The van der Waals surface area contributed by atoms with Crippen LogP contribution in [-0.4, -0.2) is 48.3 Å². The number of carbonyl (C=O) groups is 1. The molecule has 0 saturated carbocycles. The summed E-state index contributed by atoms with van der Waals surface area (Å²) in [5.74, 6) is -1.10. The van der Waals surface area contributed by atoms with Gasteiger partial charge < -0.3 is 9.84 Å². The van der Waals surface area contributed by atoms with E-state index in [9.17, 15) is 4.79 Å². The van der Waals surface area contributed by atoms with E-state index in [1.165, 1.54) is 0 Å². The first-order valence-corrected chi connectivity index (χ1v) is 6.54. The third-order valence-electron chi connectivity index (χ3n) is 2.52. The molecule has 1 N–H and O–H groups in total. The second-order valence-corrected chi connectivity index (χ2v) is 5.20. The molecule has 0 saturated heterocycles. The molecule has 0 aromatic carbocycles. The van der Waals surface area contributed by atoms with Crippen molar-refractivity contribution < 1.29 is 14.6 Å². The Kier molecular flexibility index (Phi) is 8.67. The number of hydrogen-bond acceptors (Lipinski definition) is 3. The van der Waals surface area contributed by atoms with Gasteiger partial charge in [-0.3, -0.25) is 9.69 Å². The van der Waals surface area contributed by atoms with Gasteiger partial charge in [0.25, 0.3) is 0 Å². The van der Waals surface area contributed by atoms with Gasteiger partial charge in [-0.15, -0.1) is 0 Å². The predicted molar refractivity (Wildman–Crippen MR) is 73.8 cm³/mol. The fourth-order valence-corrected chi connectivity index (χ4v) is 1.69. The highest BCUT2D eigenvalue weighted by Crippen LogP contribution is 2.05. The van der Waals surface area contributed by atoms with Crippen LogP contribution in [0.15, 0.2) is 12.2 Å². The van der Waals surface area contributed by atoms with Gasteiger partial charge in [-0.2, -0.15) is 0 Å². The Labute approximate surface area is 111 Å². The van der Waals surface area contributed by atoms with E-state index in [4.69, 9.17) is 9.84 Å². The molecule has 4 heteroatoms. The van der Waals surface area contributed by atoms with Crippen molar-refractivity contribution in [1.29, 1.82) is 0 Å². The molecule has 0 heterocycles. The fraction of sp³-hybridized carbons (Fsp3) is 0.786. The van der Waals surface area contributed by atoms with Crippen molar-refractivity contribution in [2.45, 2.75) is 40.2 Å². The molecule has 106 valence electrons. The van der Waals surface area contributed by atoms with Crippen molar-refractivity contribution in [2.75, 3.05) is 26.2 Å². The molecule has 0 aliphatic rings. The largest absolute Gasteiger partial charge is 0.481 e. The van der Waals surface area contributed by atoms with Gasteiger partial charge in [0.05, 0.1) is 12.0 Å². The van der Waals surface area contributed by atoms with Crippen LogP contribution in [0, 0.1) is 5.92 Å². The Hall–Kier alpha value is -0.870. The van der Waals surface area contributed by atoms with Crippen molar-refractivity contribution in [3.8, 4) is 0 Å². The zero-order valence-electron chi connectivity index (χ0n) is 12.1. The predicted octanol–water partition coefficient (Wildman–Crippen LogP) is 2.40. The summed E-state index contributed by atoms with van der Waals surface area (Å²) >= 11 is 0. The van der Waals surface area contributed by atoms with E-state index in [1.54, 1.807) is 6.92 Å². The van der Waals surface area contributed by atoms with E-state index >= 15 is 0 Å². The van der Waals surface area contributed by atoms with Crippen LogP contribution in [0.2, 0.25) is 0 Å². The number of rotatable bonds is 10. The summed E-state index contributed by atoms with van der Waals surface area (Å²) in [6, 6.07) is 0. The Morgan fingerprint density at radius 1 is 1.39 bits per heavy atom. The molecule has 0 aliphatic carbocycles. The van der Waals surface area contributed by atoms with E-state index in [0.717, 1.165) is 25.1 Å². The third kappa shape index (κ3) is 9.19. The van der Waals surface area contributed by atoms with Crippen LogP contribution in [0.1, 0.15) is 34.1 Å². The first-order valence-electron chi connectivity index (χ1n) is 6.54. The molecule has 0 spiro atoms. The van der Waals surface area contributed by atoms with E-state index in [2.05, 4.69) is 11.5 Å². The minimum absolute atomic E-state index is 0.248. The minimum Gasteiger partial charge on any atom is -0.481 e. The molecule has 0 aromatic heterocycles. The highest BCUT2D eigenvalue weighted by Gasteiger charge is 2.15. The molecule has 0 amide bonds. The summed E-state index contributed by atoms with van der Waals surface area (Å²) in [4.78, 5) is 13.0. The molecule has 0 fully saturated rings. The van der Waals surface area contributed by atoms with Gasteiger partial charge in [-0.25, -0.2) is 0 Å². The second kappa shape index (κ2) is 9.11. The summed E-state index contributed by atoms with van der Waals surface area (Å²) in [6.07, 6.45) is 1.16. The van der Waals surface area contributed by atoms with Crippen LogP contribution in [0.4, 0.5) is 0 Å². The topological polar surface area (TPSA) is 49.8 Å². The average molecular weight is 257 g/mol. The molecule has 0 rings (SSSR count). The van der Waals surface area contributed by atoms with Crippen LogP contribution in [0.5, 0.6) is 0 Å². The maximum atomic E-state index is 10.9. The van der Waals surface area contributed by atoms with Crippen LogP contribution in [0.25, 0.3) is 0 Å². The maximum absolute atomic E-state index is 10.9. The number of carboxylic acids is 1. The van der Waals surface area contributed by atoms with Crippen LogP contribution in [-0.2, 0) is 9.53 Å². The Morgan fingerprint density at radius 3 is 2.44 bits per heavy atom. The maximum Gasteiger partial charge on any atom is 0.307 e. The lowest BCUT2D eigenvalue weighted by atomic mass is 10.1. The van der Waals surface area contributed by atoms with Gasteiger partial charge in [-0.1, -0.05) is 19.1 Å². The second-order valence-electron chi connectivity index (χ2n) is 5.20. The summed E-state index contributed by atoms with van der Waals surface area (Å²) in [6.45, 7) is 14.5. The zero-order valence-corrected chi connectivity index (χ0v) is 12.1. The van der Waals surface area contributed by atoms with Gasteiger partial charge >= 0.3 is 5.97 Å². The van der Waals surface area contributed by atoms with Crippen molar-refractivity contribution in [3.05, 3.63) is 12.2 Å². The van der Waals surface area contributed by atoms with Crippen molar-refractivity contribution in [2.24, 2.45) is 5.92 Å². The number of ether oxygens (including phenoxy) is 1. The van der Waals surface area contributed by atoms with E-state index < -0.39 is 5.97 Å². The number of carboxylic acid groups (broad SMARTS) is 1. The summed E-state index contributed by atoms with van der Waals surface area (Å²) in [5, 5.41) is 8.94. The van der Waals surface area contributed by atoms with E-state index in [1.807, 2.05) is 20.8 Å². The van der Waals surface area contributed by atoms with Gasteiger partial charge in [0.2, 0.25) is 0 Å². The summed E-state index contributed by atoms with van der Waals surface area (Å²) in [7, 11) is 0. The van der Waals surface area contributed by atoms with Crippen LogP contribution >= 0.6 is 0 Å². The lowest BCUT2D eigenvalue weighted by molar-refractivity contribution is -0.141. The first kappa shape index (κ1) is 17.1. The lowest BCUT2D eigenvalue weighted by Gasteiger charge is -2.24. The Balaban J connectivity index is 4.06. The molecule has 18 heavy (non-hydrogen) atoms. The quantitative estimate of drug-likeness (QED) is 0.482. The molecule has 0 aliphatic heterocycles. The standard InChI is InChI=1S/C14H27NO3/c1-11(2)9-15(10-13(5)14(16)17)7-6-8-18-12(3)4/h12-13H,1,6-10H2,2-5H3,(H,16,17). The number of hydrogen-bond donors (Lipinski definition) is 1. The van der Waals surface area contributed by atoms with Crippen LogP contribution in [0.3, 0.4) is 0 Å². The lowest BCUT2D eigenvalue weighted by Crippen LogP contribution is -2.34. The molecular formula is C14H27NO3. The molecule has 1 unspecified atom stereocenters. The highest BCUT2D eigenvalue weighted by molar-refractivity contribution is 5.69. The monoisotopic (exact) mass is 257 g/mol. The third-order valence-corrected chi connectivity index (χ3v) is 2.52. The van der Waals surface area contributed by atoms with Crippen LogP contribution < -0.4 is 0 Å². The molecular weight excluding hydrogens is 230 g/mol. The van der Waals surface area contributed by atoms with Gasteiger partial charge in [0.1, 0.15) is 0 Å². The number of aliphatic carboxylic acids is 1. The highest BCUT2D eigenvalue weighted by atomic mass is 16.5. The smallest absolute Gasteiger partial charge is 0.307 e. The van der Waals surface area contributed by atoms with Crippen molar-refractivity contribution >= 4 is 5.97 Å². The molecule has 4 nitrogen and oxygen atoms in total. The molecule has 0 bridgehead atoms. The van der Waals surface area contributed by atoms with Gasteiger partial charge in [-0.05, 0) is 27.2 Å². The SMILES string of the molecule is C=C(C)CN(CCCOC(C)C)CC(C)C(=O)O. The van der Waals surface area contributed by atoms with E-state index in [0.29, 0.717) is 13.2 Å². The summed E-state index contributed by atoms with van der Waals surface area (Å²) < 4.78 is 5.48. The summed E-state index contributed by atoms with van der Waals surface area (Å²) in [5.41, 5.74) is 1.05. The van der Waals surface area contributed by atoms with Gasteiger partial charge in [0.15, 0.2) is 0 Å². The van der Waals surface area contributed by atoms with E-state index in [-0.39, 0.29) is 12.0 Å². The normalized spacial score (nSPS) is 13.0. The Bertz CT molecular complexity index is 264. The van der Waals surface area contributed by atoms with Crippen molar-refractivity contribution in [3.63, 3.8) is 0 Å². The Morgan fingerprint density at radius 2 is 2.00 bits per heavy atom. The molecule has 1 atom stereocenters. The number of nitrogens with zero attached hydrogens (tertiary/aromatic N) is 1. The average Bonchev–Trinajstić information content (AvgIpc) is 2.22. The molecule has 0 aromatic rings. The van der Waals surface area contributed by atoms with Crippen molar-refractivity contribution in [1.82, 2.24) is 4.90 Å². The first-order chi connectivity index (χ1) is 8.32. The molecule has 0 radical (unpaired) electrons. The minimum atomic E-state index is -0.750.